The first-order valence-electron chi connectivity index (χ1n) is 10.9. The van der Waals surface area contributed by atoms with E-state index in [9.17, 15) is 18.4 Å². The quantitative estimate of drug-likeness (QED) is 0.574. The molecule has 1 N–H and O–H groups in total. The molecule has 2 fully saturated rings. The second-order valence-electron chi connectivity index (χ2n) is 9.04. The molecular weight excluding hydrogens is 429 g/mol. The van der Waals surface area contributed by atoms with Gasteiger partial charge in [-0.2, -0.15) is 5.26 Å². The van der Waals surface area contributed by atoms with Crippen LogP contribution in [0.5, 0.6) is 0 Å². The summed E-state index contributed by atoms with van der Waals surface area (Å²) in [5.74, 6) is 0.00308. The molecule has 1 aromatic carbocycles. The SMILES string of the molecule is CN1CC(Cc2nc3ncnc(NCc4cccc(C(F)F)c4F)c3cc2C2(C#N)CC2)C1. The number of hydrogen-bond donors (Lipinski definition) is 1. The van der Waals surface area contributed by atoms with Gasteiger partial charge in [0.2, 0.25) is 0 Å². The number of hydrogen-bond acceptors (Lipinski definition) is 6. The third-order valence-electron chi connectivity index (χ3n) is 6.59. The van der Waals surface area contributed by atoms with Gasteiger partial charge in [-0.05, 0) is 43.9 Å². The van der Waals surface area contributed by atoms with Crippen LogP contribution in [0.15, 0.2) is 30.6 Å². The van der Waals surface area contributed by atoms with Crippen LogP contribution in [0, 0.1) is 23.1 Å². The maximum atomic E-state index is 14.5. The maximum Gasteiger partial charge on any atom is 0.266 e. The minimum absolute atomic E-state index is 0.0204. The number of halogens is 3. The Bertz CT molecular complexity index is 1240. The average Bonchev–Trinajstić information content (AvgIpc) is 3.58. The predicted octanol–water partition coefficient (Wildman–Crippen LogP) is 4.37. The zero-order chi connectivity index (χ0) is 23.2. The molecule has 2 aliphatic rings. The highest BCUT2D eigenvalue weighted by Crippen LogP contribution is 2.49. The molecule has 0 bridgehead atoms. The molecule has 0 radical (unpaired) electrons. The lowest BCUT2D eigenvalue weighted by molar-refractivity contribution is 0.133. The Labute approximate surface area is 189 Å². The molecular formula is C24H23F3N6. The number of pyridine rings is 1. The Morgan fingerprint density at radius 1 is 1.27 bits per heavy atom. The van der Waals surface area contributed by atoms with Crippen LogP contribution in [-0.4, -0.2) is 40.0 Å². The smallest absolute Gasteiger partial charge is 0.266 e. The van der Waals surface area contributed by atoms with E-state index in [1.807, 2.05) is 6.07 Å². The fraction of sp³-hybridized carbons (Fsp3) is 0.417. The van der Waals surface area contributed by atoms with E-state index in [0.717, 1.165) is 49.7 Å². The Kier molecular flexibility index (Phi) is 5.41. The summed E-state index contributed by atoms with van der Waals surface area (Å²) >= 11 is 0. The molecule has 0 amide bonds. The highest BCUT2D eigenvalue weighted by molar-refractivity contribution is 5.87. The summed E-state index contributed by atoms with van der Waals surface area (Å²) < 4.78 is 40.5. The van der Waals surface area contributed by atoms with Gasteiger partial charge in [0.1, 0.15) is 18.0 Å². The topological polar surface area (TPSA) is 77.7 Å². The number of alkyl halides is 2. The van der Waals surface area contributed by atoms with Gasteiger partial charge in [0, 0.05) is 30.9 Å². The summed E-state index contributed by atoms with van der Waals surface area (Å²) in [6, 6.07) is 8.35. The predicted molar refractivity (Wildman–Crippen MR) is 117 cm³/mol. The summed E-state index contributed by atoms with van der Waals surface area (Å²) in [7, 11) is 2.08. The van der Waals surface area contributed by atoms with Crippen LogP contribution < -0.4 is 5.32 Å². The molecule has 3 heterocycles. The average molecular weight is 452 g/mol. The van der Waals surface area contributed by atoms with Crippen LogP contribution in [0.1, 0.15) is 41.7 Å². The lowest BCUT2D eigenvalue weighted by atomic mass is 9.88. The van der Waals surface area contributed by atoms with Crippen molar-refractivity contribution in [3.8, 4) is 6.07 Å². The van der Waals surface area contributed by atoms with Gasteiger partial charge in [0.25, 0.3) is 6.43 Å². The van der Waals surface area contributed by atoms with Gasteiger partial charge >= 0.3 is 0 Å². The Morgan fingerprint density at radius 3 is 2.73 bits per heavy atom. The number of benzene rings is 1. The largest absolute Gasteiger partial charge is 0.365 e. The number of fused-ring (bicyclic) bond motifs is 1. The summed E-state index contributed by atoms with van der Waals surface area (Å²) in [6.45, 7) is 1.98. The first-order chi connectivity index (χ1) is 15.9. The number of nitrogens with one attached hydrogen (secondary N) is 1. The molecule has 9 heteroatoms. The molecule has 3 aromatic rings. The number of rotatable bonds is 7. The van der Waals surface area contributed by atoms with E-state index in [1.165, 1.54) is 18.5 Å². The van der Waals surface area contributed by atoms with Crippen LogP contribution in [0.3, 0.4) is 0 Å². The van der Waals surface area contributed by atoms with Gasteiger partial charge in [-0.15, -0.1) is 0 Å². The lowest BCUT2D eigenvalue weighted by Gasteiger charge is -2.36. The number of anilines is 1. The molecule has 0 atom stereocenters. The second kappa shape index (κ2) is 8.27. The van der Waals surface area contributed by atoms with E-state index in [2.05, 4.69) is 33.3 Å². The van der Waals surface area contributed by atoms with E-state index in [4.69, 9.17) is 4.98 Å². The molecule has 1 aliphatic carbocycles. The van der Waals surface area contributed by atoms with Gasteiger partial charge in [-0.1, -0.05) is 18.2 Å². The summed E-state index contributed by atoms with van der Waals surface area (Å²) in [5.41, 5.74) is 1.28. The lowest BCUT2D eigenvalue weighted by Crippen LogP contribution is -2.44. The fourth-order valence-corrected chi connectivity index (χ4v) is 4.62. The van der Waals surface area contributed by atoms with Gasteiger partial charge < -0.3 is 10.2 Å². The molecule has 0 unspecified atom stereocenters. The van der Waals surface area contributed by atoms with Gasteiger partial charge in [0.05, 0.1) is 22.4 Å². The van der Waals surface area contributed by atoms with E-state index in [0.29, 0.717) is 22.8 Å². The van der Waals surface area contributed by atoms with Crippen molar-refractivity contribution in [1.29, 1.82) is 5.26 Å². The fourth-order valence-electron chi connectivity index (χ4n) is 4.62. The van der Waals surface area contributed by atoms with E-state index < -0.39 is 23.2 Å². The third kappa shape index (κ3) is 4.00. The van der Waals surface area contributed by atoms with Crippen molar-refractivity contribution in [2.75, 3.05) is 25.5 Å². The van der Waals surface area contributed by atoms with Crippen LogP contribution in [0.2, 0.25) is 0 Å². The Balaban J connectivity index is 1.49. The van der Waals surface area contributed by atoms with E-state index in [1.54, 1.807) is 0 Å². The number of likely N-dealkylation sites (tertiary alicyclic amines) is 1. The zero-order valence-corrected chi connectivity index (χ0v) is 18.2. The van der Waals surface area contributed by atoms with Crippen LogP contribution in [0.25, 0.3) is 11.0 Å². The number of aromatic nitrogens is 3. The highest BCUT2D eigenvalue weighted by Gasteiger charge is 2.47. The molecule has 0 spiro atoms. The first kappa shape index (κ1) is 21.6. The van der Waals surface area contributed by atoms with Crippen molar-refractivity contribution in [2.24, 2.45) is 5.92 Å². The van der Waals surface area contributed by atoms with Crippen LogP contribution >= 0.6 is 0 Å². The standard InChI is InChI=1S/C24H23F3N6/c1-33-10-14(11-33)7-19-18(24(12-28)5-6-24)8-17-22(30-13-31-23(17)32-19)29-9-15-3-2-4-16(20(15)25)21(26)27/h2-4,8,13-14,21H,5-7,9-11H2,1H3,(H,29,30,31,32). The Morgan fingerprint density at radius 2 is 2.06 bits per heavy atom. The normalized spacial score (nSPS) is 17.7. The van der Waals surface area contributed by atoms with Crippen molar-refractivity contribution in [2.45, 2.75) is 37.6 Å². The molecule has 1 aliphatic heterocycles. The first-order valence-corrected chi connectivity index (χ1v) is 10.9. The second-order valence-corrected chi connectivity index (χ2v) is 9.04. The molecule has 1 saturated heterocycles. The maximum absolute atomic E-state index is 14.5. The van der Waals surface area contributed by atoms with Crippen LogP contribution in [-0.2, 0) is 18.4 Å². The van der Waals surface area contributed by atoms with Gasteiger partial charge in [-0.25, -0.2) is 28.1 Å². The molecule has 6 nitrogen and oxygen atoms in total. The molecule has 5 rings (SSSR count). The summed E-state index contributed by atoms with van der Waals surface area (Å²) in [6.07, 6.45) is 0.858. The van der Waals surface area contributed by atoms with Crippen LogP contribution in [0.4, 0.5) is 19.0 Å². The van der Waals surface area contributed by atoms with Crippen molar-refractivity contribution >= 4 is 16.9 Å². The van der Waals surface area contributed by atoms with Gasteiger partial charge in [-0.3, -0.25) is 0 Å². The minimum Gasteiger partial charge on any atom is -0.365 e. The van der Waals surface area contributed by atoms with Gasteiger partial charge in [0.15, 0.2) is 5.65 Å². The molecule has 1 saturated carbocycles. The number of nitrogens with zero attached hydrogens (tertiary/aromatic N) is 5. The third-order valence-corrected chi connectivity index (χ3v) is 6.59. The summed E-state index contributed by atoms with van der Waals surface area (Å²) in [5, 5.41) is 13.5. The van der Waals surface area contributed by atoms with Crippen molar-refractivity contribution in [3.05, 3.63) is 58.8 Å². The monoisotopic (exact) mass is 452 g/mol. The summed E-state index contributed by atoms with van der Waals surface area (Å²) in [4.78, 5) is 15.7. The number of nitriles is 1. The zero-order valence-electron chi connectivity index (χ0n) is 18.2. The van der Waals surface area contributed by atoms with Crippen molar-refractivity contribution in [3.63, 3.8) is 0 Å². The molecule has 33 heavy (non-hydrogen) atoms. The van der Waals surface area contributed by atoms with Crippen molar-refractivity contribution < 1.29 is 13.2 Å². The molecule has 2 aromatic heterocycles. The highest BCUT2D eigenvalue weighted by atomic mass is 19.3. The van der Waals surface area contributed by atoms with E-state index in [-0.39, 0.29) is 12.1 Å². The minimum atomic E-state index is -2.88. The Hall–Kier alpha value is -3.25. The van der Waals surface area contributed by atoms with Crippen molar-refractivity contribution in [1.82, 2.24) is 19.9 Å². The van der Waals surface area contributed by atoms with E-state index >= 15 is 0 Å². The molecule has 170 valence electrons.